The summed E-state index contributed by atoms with van der Waals surface area (Å²) < 4.78 is 0. The number of hydrogen-bond donors (Lipinski definition) is 2. The Balaban J connectivity index is 3.07. The minimum Gasteiger partial charge on any atom is -0.480 e. The average molecular weight is 364 g/mol. The van der Waals surface area contributed by atoms with Crippen LogP contribution >= 0.6 is 23.2 Å². The second-order valence-corrected chi connectivity index (χ2v) is 5.77. The third-order valence-electron chi connectivity index (χ3n) is 3.35. The van der Waals surface area contributed by atoms with E-state index in [2.05, 4.69) is 0 Å². The van der Waals surface area contributed by atoms with Crippen LogP contribution in [-0.4, -0.2) is 51.8 Å². The molecular formula is C14H19Cl2N3O4. The molecule has 0 aliphatic heterocycles. The normalized spacial score (nSPS) is 12.3. The molecule has 1 rings (SSSR count). The van der Waals surface area contributed by atoms with E-state index in [0.717, 1.165) is 5.56 Å². The smallest absolute Gasteiger partial charge is 0.320 e. The van der Waals surface area contributed by atoms with Crippen molar-refractivity contribution >= 4 is 34.9 Å². The van der Waals surface area contributed by atoms with Gasteiger partial charge in [0, 0.05) is 43.5 Å². The van der Waals surface area contributed by atoms with Gasteiger partial charge in [0.2, 0.25) is 0 Å². The lowest BCUT2D eigenvalue weighted by Gasteiger charge is -2.22. The number of alkyl halides is 2. The Labute approximate surface area is 144 Å². The predicted molar refractivity (Wildman–Crippen MR) is 89.1 cm³/mol. The molecule has 0 bridgehead atoms. The van der Waals surface area contributed by atoms with Crippen LogP contribution in [0.4, 0.5) is 5.69 Å². The fourth-order valence-electron chi connectivity index (χ4n) is 2.14. The van der Waals surface area contributed by atoms with Gasteiger partial charge in [-0.05, 0) is 17.5 Å². The summed E-state index contributed by atoms with van der Waals surface area (Å²) in [5.41, 5.74) is 6.80. The molecule has 1 unspecified atom stereocenters. The first-order valence-corrected chi connectivity index (χ1v) is 8.04. The van der Waals surface area contributed by atoms with Crippen molar-refractivity contribution in [3.05, 3.63) is 39.4 Å². The summed E-state index contributed by atoms with van der Waals surface area (Å²) in [5.74, 6) is -0.303. The maximum Gasteiger partial charge on any atom is 0.320 e. The number of hydrogen-bond acceptors (Lipinski definition) is 5. The van der Waals surface area contributed by atoms with Crippen LogP contribution in [-0.2, 0) is 17.8 Å². The zero-order valence-electron chi connectivity index (χ0n) is 12.5. The summed E-state index contributed by atoms with van der Waals surface area (Å²) >= 11 is 11.5. The lowest BCUT2D eigenvalue weighted by atomic mass is 9.99. The Morgan fingerprint density at radius 1 is 1.30 bits per heavy atom. The minimum atomic E-state index is -1.15. The molecular weight excluding hydrogens is 345 g/mol. The molecule has 0 spiro atoms. The number of aliphatic carboxylic acids is 1. The van der Waals surface area contributed by atoms with Gasteiger partial charge < -0.3 is 10.8 Å². The molecule has 23 heavy (non-hydrogen) atoms. The lowest BCUT2D eigenvalue weighted by Crippen LogP contribution is -2.33. The molecule has 9 heteroatoms. The fraction of sp³-hybridized carbons (Fsp3) is 0.500. The summed E-state index contributed by atoms with van der Waals surface area (Å²) in [5, 5.41) is 19.9. The van der Waals surface area contributed by atoms with E-state index in [9.17, 15) is 14.9 Å². The summed E-state index contributed by atoms with van der Waals surface area (Å²) in [6.07, 6.45) is 0.0158. The van der Waals surface area contributed by atoms with Gasteiger partial charge in [-0.2, -0.15) is 0 Å². The van der Waals surface area contributed by atoms with Crippen LogP contribution in [0.1, 0.15) is 11.1 Å². The molecule has 0 amide bonds. The van der Waals surface area contributed by atoms with Crippen molar-refractivity contribution in [2.24, 2.45) is 5.73 Å². The molecule has 0 aromatic heterocycles. The van der Waals surface area contributed by atoms with Crippen LogP contribution in [0.25, 0.3) is 0 Å². The number of carbonyl (C=O) groups is 1. The van der Waals surface area contributed by atoms with Gasteiger partial charge >= 0.3 is 5.97 Å². The highest BCUT2D eigenvalue weighted by atomic mass is 35.5. The van der Waals surface area contributed by atoms with Gasteiger partial charge in [-0.3, -0.25) is 19.8 Å². The van der Waals surface area contributed by atoms with Gasteiger partial charge in [-0.25, -0.2) is 0 Å². The van der Waals surface area contributed by atoms with E-state index >= 15 is 0 Å². The molecule has 1 aromatic carbocycles. The van der Waals surface area contributed by atoms with Gasteiger partial charge in [0.1, 0.15) is 6.04 Å². The average Bonchev–Trinajstić information content (AvgIpc) is 2.49. The van der Waals surface area contributed by atoms with Crippen LogP contribution in [0.3, 0.4) is 0 Å². The highest BCUT2D eigenvalue weighted by molar-refractivity contribution is 6.18. The van der Waals surface area contributed by atoms with Gasteiger partial charge in [0.25, 0.3) is 5.69 Å². The first-order valence-electron chi connectivity index (χ1n) is 6.98. The second kappa shape index (κ2) is 9.67. The fourth-order valence-corrected chi connectivity index (χ4v) is 2.62. The molecule has 0 saturated carbocycles. The Hall–Kier alpha value is -1.41. The number of nitro benzene ring substituents is 1. The number of non-ortho nitro benzene ring substituents is 1. The molecule has 7 nitrogen and oxygen atoms in total. The van der Waals surface area contributed by atoms with Crippen molar-refractivity contribution in [3.8, 4) is 0 Å². The van der Waals surface area contributed by atoms with Crippen molar-refractivity contribution < 1.29 is 14.8 Å². The third-order valence-corrected chi connectivity index (χ3v) is 3.69. The molecule has 1 aromatic rings. The minimum absolute atomic E-state index is 0.0158. The second-order valence-electron chi connectivity index (χ2n) is 5.01. The molecule has 0 saturated heterocycles. The highest BCUT2D eigenvalue weighted by Gasteiger charge is 2.18. The largest absolute Gasteiger partial charge is 0.480 e. The zero-order valence-corrected chi connectivity index (χ0v) is 14.0. The van der Waals surface area contributed by atoms with E-state index in [1.807, 2.05) is 4.90 Å². The van der Waals surface area contributed by atoms with Crippen LogP contribution in [0.5, 0.6) is 0 Å². The van der Waals surface area contributed by atoms with Crippen molar-refractivity contribution in [1.82, 2.24) is 4.90 Å². The van der Waals surface area contributed by atoms with Gasteiger partial charge in [0.15, 0.2) is 0 Å². The Morgan fingerprint density at radius 2 is 1.91 bits per heavy atom. The van der Waals surface area contributed by atoms with Gasteiger partial charge in [-0.1, -0.05) is 6.07 Å². The van der Waals surface area contributed by atoms with Gasteiger partial charge in [0.05, 0.1) is 4.92 Å². The topological polar surface area (TPSA) is 110 Å². The standard InChI is InChI=1S/C14H19Cl2N3O4/c15-3-5-18(6-4-16)9-10-1-2-12(19(22)23)7-11(10)8-13(17)14(20)21/h1-2,7,13H,3-6,8-9,17H2,(H,20,21). The summed E-state index contributed by atoms with van der Waals surface area (Å²) in [6.45, 7) is 1.69. The highest BCUT2D eigenvalue weighted by Crippen LogP contribution is 2.21. The van der Waals surface area contributed by atoms with Gasteiger partial charge in [-0.15, -0.1) is 23.2 Å². The SMILES string of the molecule is NC(Cc1cc([N+](=O)[O-])ccc1CN(CCCl)CCCl)C(=O)O. The molecule has 3 N–H and O–H groups in total. The Morgan fingerprint density at radius 3 is 2.39 bits per heavy atom. The maximum atomic E-state index is 11.0. The van der Waals surface area contributed by atoms with Crippen molar-refractivity contribution in [3.63, 3.8) is 0 Å². The van der Waals surface area contributed by atoms with Crippen LogP contribution in [0.2, 0.25) is 0 Å². The number of carboxylic acid groups (broad SMARTS) is 1. The predicted octanol–water partition coefficient (Wildman–Crippen LogP) is 1.83. The number of carboxylic acids is 1. The maximum absolute atomic E-state index is 11.0. The third kappa shape index (κ3) is 6.31. The van der Waals surface area contributed by atoms with Crippen molar-refractivity contribution in [2.75, 3.05) is 24.8 Å². The van der Waals surface area contributed by atoms with E-state index in [0.29, 0.717) is 37.0 Å². The van der Waals surface area contributed by atoms with Crippen LogP contribution in [0.15, 0.2) is 18.2 Å². The summed E-state index contributed by atoms with van der Waals surface area (Å²) in [6, 6.07) is 3.27. The zero-order chi connectivity index (χ0) is 17.4. The first-order chi connectivity index (χ1) is 10.9. The summed E-state index contributed by atoms with van der Waals surface area (Å²) in [7, 11) is 0. The molecule has 128 valence electrons. The first kappa shape index (κ1) is 19.6. The monoisotopic (exact) mass is 363 g/mol. The van der Waals surface area contributed by atoms with E-state index in [1.165, 1.54) is 12.1 Å². The van der Waals surface area contributed by atoms with E-state index in [4.69, 9.17) is 34.0 Å². The number of benzene rings is 1. The lowest BCUT2D eigenvalue weighted by molar-refractivity contribution is -0.384. The molecule has 1 atom stereocenters. The van der Waals surface area contributed by atoms with Crippen LogP contribution < -0.4 is 5.73 Å². The number of nitrogens with zero attached hydrogens (tertiary/aromatic N) is 2. The molecule has 0 aliphatic rings. The molecule has 0 heterocycles. The Kier molecular flexibility index (Phi) is 8.25. The number of nitrogens with two attached hydrogens (primary N) is 1. The number of rotatable bonds is 10. The van der Waals surface area contributed by atoms with E-state index < -0.39 is 16.9 Å². The van der Waals surface area contributed by atoms with E-state index in [-0.39, 0.29) is 12.1 Å². The molecule has 0 aliphatic carbocycles. The number of nitro groups is 1. The molecule has 0 fully saturated rings. The Bertz CT molecular complexity index is 551. The van der Waals surface area contributed by atoms with E-state index in [1.54, 1.807) is 6.07 Å². The van der Waals surface area contributed by atoms with Crippen molar-refractivity contribution in [2.45, 2.75) is 19.0 Å². The summed E-state index contributed by atoms with van der Waals surface area (Å²) in [4.78, 5) is 23.4. The van der Waals surface area contributed by atoms with Crippen LogP contribution in [0, 0.1) is 10.1 Å². The van der Waals surface area contributed by atoms with Crippen molar-refractivity contribution in [1.29, 1.82) is 0 Å². The molecule has 0 radical (unpaired) electrons. The quantitative estimate of drug-likeness (QED) is 0.372. The number of halogens is 2.